The number of hydrogen-bond donors (Lipinski definition) is 1. The van der Waals surface area contributed by atoms with Crippen LogP contribution in [0, 0.1) is 13.8 Å². The third-order valence-electron chi connectivity index (χ3n) is 6.36. The average molecular weight is 477 g/mol. The number of aryl methyl sites for hydroxylation is 4. The van der Waals surface area contributed by atoms with E-state index in [1.807, 2.05) is 26.8 Å². The highest BCUT2D eigenvalue weighted by Gasteiger charge is 2.28. The lowest BCUT2D eigenvalue weighted by Crippen LogP contribution is -2.41. The van der Waals surface area contributed by atoms with Gasteiger partial charge in [0.25, 0.3) is 10.0 Å². The van der Waals surface area contributed by atoms with Crippen LogP contribution in [0.5, 0.6) is 0 Å². The molecule has 1 amide bonds. The van der Waals surface area contributed by atoms with Gasteiger partial charge in [-0.2, -0.15) is 0 Å². The highest BCUT2D eigenvalue weighted by Crippen LogP contribution is 2.27. The van der Waals surface area contributed by atoms with Gasteiger partial charge in [-0.15, -0.1) is 0 Å². The Morgan fingerprint density at radius 1 is 0.912 bits per heavy atom. The van der Waals surface area contributed by atoms with Crippen molar-refractivity contribution in [1.82, 2.24) is 5.32 Å². The molecule has 1 N–H and O–H groups in total. The van der Waals surface area contributed by atoms with Crippen molar-refractivity contribution < 1.29 is 13.2 Å². The molecule has 0 fully saturated rings. The van der Waals surface area contributed by atoms with Crippen LogP contribution in [0.1, 0.15) is 53.6 Å². The van der Waals surface area contributed by atoms with Gasteiger partial charge in [-0.1, -0.05) is 42.5 Å². The van der Waals surface area contributed by atoms with E-state index in [1.54, 1.807) is 42.5 Å². The number of fused-ring (bicyclic) bond motifs is 1. The first kappa shape index (κ1) is 24.0. The molecule has 3 aromatic carbocycles. The predicted octanol–water partition coefficient (Wildman–Crippen LogP) is 5.25. The second kappa shape index (κ2) is 10.0. The van der Waals surface area contributed by atoms with Crippen molar-refractivity contribution >= 4 is 21.6 Å². The summed E-state index contributed by atoms with van der Waals surface area (Å²) in [4.78, 5) is 13.3. The molecule has 0 radical (unpaired) electrons. The molecule has 0 saturated heterocycles. The van der Waals surface area contributed by atoms with Crippen molar-refractivity contribution in [2.45, 2.75) is 57.4 Å². The standard InChI is InChI=1S/C28H32N2O3S/c1-20-15-21(2)17-26(16-20)30(34(32,33)27-11-5-4-6-12-27)19-28(31)29-22(3)24-14-13-23-9-7-8-10-25(23)18-24/h4-6,11-18,22H,7-10,19H2,1-3H3,(H,29,31). The van der Waals surface area contributed by atoms with Gasteiger partial charge >= 0.3 is 0 Å². The number of nitrogens with one attached hydrogen (secondary N) is 1. The summed E-state index contributed by atoms with van der Waals surface area (Å²) >= 11 is 0. The van der Waals surface area contributed by atoms with Gasteiger partial charge < -0.3 is 5.32 Å². The van der Waals surface area contributed by atoms with Crippen LogP contribution in [0.2, 0.25) is 0 Å². The maximum atomic E-state index is 13.6. The number of rotatable bonds is 7. The molecule has 4 rings (SSSR count). The van der Waals surface area contributed by atoms with Crippen LogP contribution >= 0.6 is 0 Å². The van der Waals surface area contributed by atoms with E-state index in [0.717, 1.165) is 29.5 Å². The third kappa shape index (κ3) is 5.33. The molecule has 5 nitrogen and oxygen atoms in total. The molecule has 1 aliphatic carbocycles. The van der Waals surface area contributed by atoms with Crippen molar-refractivity contribution in [3.63, 3.8) is 0 Å². The summed E-state index contributed by atoms with van der Waals surface area (Å²) in [5, 5.41) is 3.01. The molecular weight excluding hydrogens is 444 g/mol. The third-order valence-corrected chi connectivity index (χ3v) is 8.15. The van der Waals surface area contributed by atoms with Gasteiger partial charge in [0.15, 0.2) is 0 Å². The number of sulfonamides is 1. The van der Waals surface area contributed by atoms with E-state index in [4.69, 9.17) is 0 Å². The van der Waals surface area contributed by atoms with E-state index in [1.165, 1.54) is 28.3 Å². The van der Waals surface area contributed by atoms with Crippen LogP contribution < -0.4 is 9.62 Å². The van der Waals surface area contributed by atoms with Crippen LogP contribution in [-0.4, -0.2) is 20.9 Å². The van der Waals surface area contributed by atoms with E-state index >= 15 is 0 Å². The second-order valence-corrected chi connectivity index (χ2v) is 11.1. The Bertz CT molecular complexity index is 1270. The molecule has 1 unspecified atom stereocenters. The molecule has 0 heterocycles. The molecule has 34 heavy (non-hydrogen) atoms. The molecule has 0 spiro atoms. The molecule has 1 atom stereocenters. The summed E-state index contributed by atoms with van der Waals surface area (Å²) < 4.78 is 28.3. The zero-order valence-electron chi connectivity index (χ0n) is 20.0. The zero-order valence-corrected chi connectivity index (χ0v) is 20.9. The first-order valence-electron chi connectivity index (χ1n) is 11.8. The predicted molar refractivity (Wildman–Crippen MR) is 137 cm³/mol. The molecular formula is C28H32N2O3S. The summed E-state index contributed by atoms with van der Waals surface area (Å²) in [6, 6.07) is 20.0. The number of benzene rings is 3. The highest BCUT2D eigenvalue weighted by atomic mass is 32.2. The SMILES string of the molecule is Cc1cc(C)cc(N(CC(=O)NC(C)c2ccc3c(c2)CCCC3)S(=O)(=O)c2ccccc2)c1. The van der Waals surface area contributed by atoms with Gasteiger partial charge in [0.05, 0.1) is 16.6 Å². The van der Waals surface area contributed by atoms with Gasteiger partial charge in [-0.05, 0) is 98.5 Å². The number of hydrogen-bond acceptors (Lipinski definition) is 3. The van der Waals surface area contributed by atoms with Crippen LogP contribution in [-0.2, 0) is 27.7 Å². The molecule has 178 valence electrons. The van der Waals surface area contributed by atoms with Crippen molar-refractivity contribution in [1.29, 1.82) is 0 Å². The van der Waals surface area contributed by atoms with Gasteiger partial charge in [0, 0.05) is 0 Å². The lowest BCUT2D eigenvalue weighted by molar-refractivity contribution is -0.120. The Labute approximate surface area is 202 Å². The molecule has 0 bridgehead atoms. The van der Waals surface area contributed by atoms with Gasteiger partial charge in [0.1, 0.15) is 6.54 Å². The minimum absolute atomic E-state index is 0.157. The van der Waals surface area contributed by atoms with Gasteiger partial charge in [-0.25, -0.2) is 8.42 Å². The molecule has 6 heteroatoms. The summed E-state index contributed by atoms with van der Waals surface area (Å²) in [6.07, 6.45) is 4.60. The number of nitrogens with zero attached hydrogens (tertiary/aromatic N) is 1. The highest BCUT2D eigenvalue weighted by molar-refractivity contribution is 7.92. The summed E-state index contributed by atoms with van der Waals surface area (Å²) in [7, 11) is -3.92. The number of carbonyl (C=O) groups is 1. The van der Waals surface area contributed by atoms with Gasteiger partial charge in [-0.3, -0.25) is 9.10 Å². The topological polar surface area (TPSA) is 66.5 Å². The smallest absolute Gasteiger partial charge is 0.264 e. The Morgan fingerprint density at radius 2 is 1.56 bits per heavy atom. The minimum atomic E-state index is -3.92. The van der Waals surface area contributed by atoms with Crippen LogP contribution in [0.4, 0.5) is 5.69 Å². The van der Waals surface area contributed by atoms with E-state index in [9.17, 15) is 13.2 Å². The average Bonchev–Trinajstić information content (AvgIpc) is 2.82. The van der Waals surface area contributed by atoms with Gasteiger partial charge in [0.2, 0.25) is 5.91 Å². The second-order valence-electron chi connectivity index (χ2n) is 9.20. The summed E-state index contributed by atoms with van der Waals surface area (Å²) in [5.74, 6) is -0.344. The van der Waals surface area contributed by atoms with Crippen molar-refractivity contribution in [2.24, 2.45) is 0 Å². The normalized spacial score (nSPS) is 14.2. The van der Waals surface area contributed by atoms with Crippen molar-refractivity contribution in [3.8, 4) is 0 Å². The first-order valence-corrected chi connectivity index (χ1v) is 13.3. The molecule has 0 saturated carbocycles. The van der Waals surface area contributed by atoms with Crippen LogP contribution in [0.25, 0.3) is 0 Å². The summed E-state index contributed by atoms with van der Waals surface area (Å²) in [6.45, 7) is 5.48. The first-order chi connectivity index (χ1) is 16.2. The summed E-state index contributed by atoms with van der Waals surface area (Å²) in [5.41, 5.74) is 6.14. The maximum absolute atomic E-state index is 13.6. The fraction of sp³-hybridized carbons (Fsp3) is 0.321. The monoisotopic (exact) mass is 476 g/mol. The van der Waals surface area contributed by atoms with E-state index in [2.05, 4.69) is 23.5 Å². The Morgan fingerprint density at radius 3 is 2.24 bits per heavy atom. The minimum Gasteiger partial charge on any atom is -0.348 e. The van der Waals surface area contributed by atoms with Crippen LogP contribution in [0.3, 0.4) is 0 Å². The van der Waals surface area contributed by atoms with E-state index < -0.39 is 10.0 Å². The van der Waals surface area contributed by atoms with Crippen molar-refractivity contribution in [2.75, 3.05) is 10.8 Å². The molecule has 3 aromatic rings. The molecule has 0 aliphatic heterocycles. The Hall–Kier alpha value is -3.12. The van der Waals surface area contributed by atoms with E-state index in [0.29, 0.717) is 5.69 Å². The largest absolute Gasteiger partial charge is 0.348 e. The quantitative estimate of drug-likeness (QED) is 0.506. The fourth-order valence-electron chi connectivity index (χ4n) is 4.65. The Kier molecular flexibility index (Phi) is 7.08. The Balaban J connectivity index is 1.59. The number of amides is 1. The lowest BCUT2D eigenvalue weighted by atomic mass is 9.89. The molecule has 1 aliphatic rings. The fourth-order valence-corrected chi connectivity index (χ4v) is 6.08. The zero-order chi connectivity index (χ0) is 24.3. The number of carbonyl (C=O) groups excluding carboxylic acids is 1. The molecule has 0 aromatic heterocycles. The maximum Gasteiger partial charge on any atom is 0.264 e. The van der Waals surface area contributed by atoms with Crippen molar-refractivity contribution in [3.05, 3.63) is 94.5 Å². The number of anilines is 1. The van der Waals surface area contributed by atoms with Crippen LogP contribution in [0.15, 0.2) is 71.6 Å². The van der Waals surface area contributed by atoms with E-state index in [-0.39, 0.29) is 23.4 Å². The lowest BCUT2D eigenvalue weighted by Gasteiger charge is -2.26.